The topological polar surface area (TPSA) is 80.1 Å². The fourth-order valence-corrected chi connectivity index (χ4v) is 5.26. The number of amides is 2. The van der Waals surface area contributed by atoms with Crippen molar-refractivity contribution in [3.8, 4) is 16.9 Å². The van der Waals surface area contributed by atoms with Crippen molar-refractivity contribution in [2.45, 2.75) is 32.1 Å². The standard InChI is InChI=1S/C29H26Cl2FN5O2/c1-15-12-34-24(19-6-5-7-23(27(19)32)35-29(39)36(3)4)11-25(15)37-16(2)8-22(26(31)28(37)38)21-10-20(21)17-9-18(30)14-33-13-17/h5-9,11-14,20-21H,10H2,1-4H3,(H,35,39)/t20?,21-/m1/s1. The number of carbonyl (C=O) groups is 1. The van der Waals surface area contributed by atoms with Crippen LogP contribution in [0, 0.1) is 19.7 Å². The maximum atomic E-state index is 15.4. The zero-order valence-electron chi connectivity index (χ0n) is 21.8. The van der Waals surface area contributed by atoms with E-state index in [-0.39, 0.29) is 33.7 Å². The Kier molecular flexibility index (Phi) is 7.18. The van der Waals surface area contributed by atoms with E-state index < -0.39 is 11.8 Å². The number of hydrogen-bond donors (Lipinski definition) is 1. The number of carbonyl (C=O) groups excluding carboxylic acids is 1. The number of aromatic nitrogens is 3. The van der Waals surface area contributed by atoms with Crippen LogP contribution in [-0.4, -0.2) is 39.6 Å². The molecule has 0 spiro atoms. The Morgan fingerprint density at radius 2 is 1.87 bits per heavy atom. The van der Waals surface area contributed by atoms with E-state index in [0.29, 0.717) is 22.1 Å². The quantitative estimate of drug-likeness (QED) is 0.291. The molecule has 0 radical (unpaired) electrons. The Bertz CT molecular complexity index is 1670. The molecule has 7 nitrogen and oxygen atoms in total. The number of hydrogen-bond acceptors (Lipinski definition) is 4. The van der Waals surface area contributed by atoms with Crippen LogP contribution in [0.3, 0.4) is 0 Å². The number of nitrogens with zero attached hydrogens (tertiary/aromatic N) is 4. The Labute approximate surface area is 235 Å². The average Bonchev–Trinajstić information content (AvgIpc) is 3.69. The van der Waals surface area contributed by atoms with Crippen molar-refractivity contribution >= 4 is 34.9 Å². The summed E-state index contributed by atoms with van der Waals surface area (Å²) in [5, 5.41) is 3.27. The number of benzene rings is 1. The number of aryl methyl sites for hydroxylation is 2. The highest BCUT2D eigenvalue weighted by Crippen LogP contribution is 2.56. The summed E-state index contributed by atoms with van der Waals surface area (Å²) in [6.45, 7) is 3.67. The molecule has 200 valence electrons. The normalized spacial score (nSPS) is 16.2. The van der Waals surface area contributed by atoms with Crippen molar-refractivity contribution in [2.75, 3.05) is 19.4 Å². The molecule has 39 heavy (non-hydrogen) atoms. The molecule has 2 atom stereocenters. The number of rotatable bonds is 5. The molecule has 5 rings (SSSR count). The van der Waals surface area contributed by atoms with E-state index in [1.165, 1.54) is 15.5 Å². The first kappa shape index (κ1) is 26.8. The van der Waals surface area contributed by atoms with E-state index in [9.17, 15) is 9.59 Å². The summed E-state index contributed by atoms with van der Waals surface area (Å²) in [6, 6.07) is 9.72. The van der Waals surface area contributed by atoms with E-state index in [0.717, 1.165) is 23.1 Å². The van der Waals surface area contributed by atoms with Crippen LogP contribution in [0.2, 0.25) is 10.0 Å². The number of anilines is 1. The van der Waals surface area contributed by atoms with Crippen molar-refractivity contribution < 1.29 is 9.18 Å². The summed E-state index contributed by atoms with van der Waals surface area (Å²) >= 11 is 12.8. The molecule has 1 unspecified atom stereocenters. The van der Waals surface area contributed by atoms with Crippen molar-refractivity contribution in [1.82, 2.24) is 19.4 Å². The van der Waals surface area contributed by atoms with Gasteiger partial charge in [-0.3, -0.25) is 19.3 Å². The molecule has 1 aliphatic rings. The highest BCUT2D eigenvalue weighted by Gasteiger charge is 2.42. The molecule has 0 aliphatic heterocycles. The maximum absolute atomic E-state index is 15.4. The van der Waals surface area contributed by atoms with Gasteiger partial charge in [0.2, 0.25) is 0 Å². The average molecular weight is 566 g/mol. The molecule has 10 heteroatoms. The van der Waals surface area contributed by atoms with E-state index in [4.69, 9.17) is 23.2 Å². The highest BCUT2D eigenvalue weighted by molar-refractivity contribution is 6.31. The second kappa shape index (κ2) is 10.4. The third-order valence-corrected chi connectivity index (χ3v) is 7.53. The summed E-state index contributed by atoms with van der Waals surface area (Å²) in [5.74, 6) is -0.328. The predicted molar refractivity (Wildman–Crippen MR) is 152 cm³/mol. The molecule has 1 fully saturated rings. The zero-order chi connectivity index (χ0) is 28.0. The van der Waals surface area contributed by atoms with E-state index in [1.807, 2.05) is 26.0 Å². The SMILES string of the molecule is Cc1cnc(-c2cccc(NC(=O)N(C)C)c2F)cc1-n1c(C)cc([C@@H]2CC2c2cncc(Cl)c2)c(Cl)c1=O. The molecule has 0 saturated heterocycles. The fraction of sp³-hybridized carbons (Fsp3) is 0.241. The van der Waals surface area contributed by atoms with Gasteiger partial charge in [0.15, 0.2) is 5.82 Å². The summed E-state index contributed by atoms with van der Waals surface area (Å²) in [4.78, 5) is 35.6. The van der Waals surface area contributed by atoms with Gasteiger partial charge < -0.3 is 10.2 Å². The van der Waals surface area contributed by atoms with Gasteiger partial charge in [0.1, 0.15) is 5.02 Å². The van der Waals surface area contributed by atoms with Crippen LogP contribution in [0.5, 0.6) is 0 Å². The molecule has 1 saturated carbocycles. The van der Waals surface area contributed by atoms with Crippen LogP contribution < -0.4 is 10.9 Å². The molecular weight excluding hydrogens is 540 g/mol. The molecule has 1 aliphatic carbocycles. The molecule has 4 aromatic rings. The summed E-state index contributed by atoms with van der Waals surface area (Å²) < 4.78 is 16.9. The lowest BCUT2D eigenvalue weighted by atomic mass is 10.0. The molecular formula is C29H26Cl2FN5O2. The van der Waals surface area contributed by atoms with Gasteiger partial charge in [-0.15, -0.1) is 0 Å². The summed E-state index contributed by atoms with van der Waals surface area (Å²) in [7, 11) is 3.14. The second-order valence-corrected chi connectivity index (χ2v) is 10.7. The van der Waals surface area contributed by atoms with E-state index in [1.54, 1.807) is 50.9 Å². The molecule has 2 amide bonds. The van der Waals surface area contributed by atoms with Gasteiger partial charge in [-0.05, 0) is 79.1 Å². The number of halogens is 3. The molecule has 0 bridgehead atoms. The summed E-state index contributed by atoms with van der Waals surface area (Å²) in [6.07, 6.45) is 5.82. The molecule has 1 aromatic carbocycles. The Hall–Kier alpha value is -3.75. The van der Waals surface area contributed by atoms with E-state index >= 15 is 4.39 Å². The number of urea groups is 1. The van der Waals surface area contributed by atoms with E-state index in [2.05, 4.69) is 15.3 Å². The molecule has 3 aromatic heterocycles. The largest absolute Gasteiger partial charge is 0.331 e. The highest BCUT2D eigenvalue weighted by atomic mass is 35.5. The van der Waals surface area contributed by atoms with Crippen LogP contribution >= 0.6 is 23.2 Å². The lowest BCUT2D eigenvalue weighted by Crippen LogP contribution is -2.27. The number of pyridine rings is 3. The monoisotopic (exact) mass is 565 g/mol. The first-order chi connectivity index (χ1) is 18.6. The fourth-order valence-electron chi connectivity index (χ4n) is 4.80. The summed E-state index contributed by atoms with van der Waals surface area (Å²) in [5.41, 5.74) is 3.97. The van der Waals surface area contributed by atoms with Gasteiger partial charge in [0.25, 0.3) is 5.56 Å². The van der Waals surface area contributed by atoms with Gasteiger partial charge in [-0.2, -0.15) is 0 Å². The van der Waals surface area contributed by atoms with Crippen molar-refractivity contribution in [2.24, 2.45) is 0 Å². The maximum Gasteiger partial charge on any atom is 0.321 e. The van der Waals surface area contributed by atoms with Crippen LogP contribution in [-0.2, 0) is 0 Å². The molecule has 1 N–H and O–H groups in total. The van der Waals surface area contributed by atoms with Crippen LogP contribution in [0.4, 0.5) is 14.9 Å². The predicted octanol–water partition coefficient (Wildman–Crippen LogP) is 6.72. The van der Waals surface area contributed by atoms with Gasteiger partial charge in [-0.25, -0.2) is 9.18 Å². The van der Waals surface area contributed by atoms with Crippen LogP contribution in [0.25, 0.3) is 16.9 Å². The first-order valence-corrected chi connectivity index (χ1v) is 13.1. The Balaban J connectivity index is 1.52. The zero-order valence-corrected chi connectivity index (χ0v) is 23.3. The smallest absolute Gasteiger partial charge is 0.321 e. The minimum absolute atomic E-state index is 0.0322. The van der Waals surface area contributed by atoms with Gasteiger partial charge >= 0.3 is 6.03 Å². The van der Waals surface area contributed by atoms with Crippen LogP contribution in [0.15, 0.2) is 59.8 Å². The lowest BCUT2D eigenvalue weighted by Gasteiger charge is -2.17. The number of nitrogens with one attached hydrogen (secondary N) is 1. The third kappa shape index (κ3) is 5.14. The minimum Gasteiger partial charge on any atom is -0.331 e. The molecule has 3 heterocycles. The van der Waals surface area contributed by atoms with Gasteiger partial charge in [0.05, 0.1) is 22.1 Å². The second-order valence-electron chi connectivity index (χ2n) is 9.93. The lowest BCUT2D eigenvalue weighted by molar-refractivity contribution is 0.230. The van der Waals surface area contributed by atoms with Gasteiger partial charge in [-0.1, -0.05) is 29.3 Å². The van der Waals surface area contributed by atoms with Crippen molar-refractivity contribution in [1.29, 1.82) is 0 Å². The third-order valence-electron chi connectivity index (χ3n) is 6.94. The minimum atomic E-state index is -0.622. The first-order valence-electron chi connectivity index (χ1n) is 12.3. The Morgan fingerprint density at radius 3 is 2.59 bits per heavy atom. The Morgan fingerprint density at radius 1 is 1.10 bits per heavy atom. The van der Waals surface area contributed by atoms with Crippen molar-refractivity contribution in [3.05, 3.63) is 104 Å². The van der Waals surface area contributed by atoms with Crippen LogP contribution in [0.1, 0.15) is 40.6 Å². The van der Waals surface area contributed by atoms with Gasteiger partial charge in [0, 0.05) is 43.9 Å². The van der Waals surface area contributed by atoms with Crippen molar-refractivity contribution in [3.63, 3.8) is 0 Å².